The maximum Gasteiger partial charge on any atom is 0.253 e. The quantitative estimate of drug-likeness (QED) is 0.644. The first kappa shape index (κ1) is 23.7. The molecule has 2 aliphatic heterocycles. The molecule has 1 unspecified atom stereocenters. The predicted molar refractivity (Wildman–Crippen MR) is 131 cm³/mol. The van der Waals surface area contributed by atoms with Crippen LogP contribution in [0.1, 0.15) is 41.2 Å². The monoisotopic (exact) mass is 468 g/mol. The van der Waals surface area contributed by atoms with Crippen molar-refractivity contribution in [2.75, 3.05) is 52.4 Å². The molecule has 0 aliphatic carbocycles. The Morgan fingerprint density at radius 3 is 2.09 bits per heavy atom. The highest BCUT2D eigenvalue weighted by Gasteiger charge is 2.26. The molecule has 0 aromatic heterocycles. The minimum atomic E-state index is -0.407. The zero-order valence-corrected chi connectivity index (χ0v) is 19.8. The Morgan fingerprint density at radius 2 is 1.42 bits per heavy atom. The van der Waals surface area contributed by atoms with E-state index in [4.69, 9.17) is 11.6 Å². The highest BCUT2D eigenvalue weighted by atomic mass is 35.5. The van der Waals surface area contributed by atoms with Crippen molar-refractivity contribution in [2.45, 2.75) is 25.3 Å². The Balaban J connectivity index is 1.34. The first-order valence-electron chi connectivity index (χ1n) is 11.9. The summed E-state index contributed by atoms with van der Waals surface area (Å²) in [5, 5.41) is 3.44. The van der Waals surface area contributed by atoms with E-state index < -0.39 is 6.04 Å². The summed E-state index contributed by atoms with van der Waals surface area (Å²) < 4.78 is 0. The Bertz CT molecular complexity index is 925. The van der Waals surface area contributed by atoms with E-state index in [0.717, 1.165) is 44.8 Å². The van der Waals surface area contributed by atoms with Crippen molar-refractivity contribution in [2.24, 2.45) is 0 Å². The van der Waals surface area contributed by atoms with Gasteiger partial charge in [-0.1, -0.05) is 54.1 Å². The largest absolute Gasteiger partial charge is 0.345 e. The summed E-state index contributed by atoms with van der Waals surface area (Å²) in [4.78, 5) is 33.0. The summed E-state index contributed by atoms with van der Waals surface area (Å²) in [6.07, 6.45) is 2.86. The van der Waals surface area contributed by atoms with Gasteiger partial charge in [-0.3, -0.25) is 14.5 Å². The van der Waals surface area contributed by atoms with Gasteiger partial charge in [0.05, 0.1) is 23.0 Å². The standard InChI is InChI=1S/C26H33ClN4O2/c27-23-11-5-4-10-22(23)26(33)28-24(21-8-2-1-3-9-21)20-25(32)31-18-16-30(17-19-31)15-14-29-12-6-7-13-29/h1-5,8-11,24H,6-7,12-20H2,(H,28,33). The summed E-state index contributed by atoms with van der Waals surface area (Å²) in [6, 6.07) is 16.2. The van der Waals surface area contributed by atoms with Gasteiger partial charge in [-0.15, -0.1) is 0 Å². The zero-order chi connectivity index (χ0) is 23.0. The van der Waals surface area contributed by atoms with Gasteiger partial charge in [0.1, 0.15) is 0 Å². The van der Waals surface area contributed by atoms with Crippen molar-refractivity contribution in [1.29, 1.82) is 0 Å². The fraction of sp³-hybridized carbons (Fsp3) is 0.462. The number of carbonyl (C=O) groups is 2. The molecule has 0 spiro atoms. The third-order valence-electron chi connectivity index (χ3n) is 6.66. The van der Waals surface area contributed by atoms with Gasteiger partial charge in [-0.25, -0.2) is 0 Å². The Labute approximate surface area is 201 Å². The average molecular weight is 469 g/mol. The van der Waals surface area contributed by atoms with Gasteiger partial charge >= 0.3 is 0 Å². The molecule has 2 aromatic rings. The lowest BCUT2D eigenvalue weighted by Gasteiger charge is -2.36. The van der Waals surface area contributed by atoms with E-state index in [1.165, 1.54) is 25.9 Å². The summed E-state index contributed by atoms with van der Waals surface area (Å²) in [7, 11) is 0. The maximum absolute atomic E-state index is 13.2. The van der Waals surface area contributed by atoms with Crippen LogP contribution >= 0.6 is 11.6 Å². The Morgan fingerprint density at radius 1 is 0.818 bits per heavy atom. The number of carbonyl (C=O) groups excluding carboxylic acids is 2. The lowest BCUT2D eigenvalue weighted by Crippen LogP contribution is -2.50. The van der Waals surface area contributed by atoms with Crippen molar-refractivity contribution >= 4 is 23.4 Å². The smallest absolute Gasteiger partial charge is 0.253 e. The zero-order valence-electron chi connectivity index (χ0n) is 19.1. The maximum atomic E-state index is 13.2. The molecule has 1 N–H and O–H groups in total. The molecule has 1 atom stereocenters. The summed E-state index contributed by atoms with van der Waals surface area (Å²) in [5.41, 5.74) is 1.33. The number of hydrogen-bond acceptors (Lipinski definition) is 4. The number of hydrogen-bond donors (Lipinski definition) is 1. The van der Waals surface area contributed by atoms with E-state index in [-0.39, 0.29) is 18.2 Å². The van der Waals surface area contributed by atoms with Gasteiger partial charge in [-0.05, 0) is 43.6 Å². The second kappa shape index (κ2) is 11.6. The molecule has 0 saturated carbocycles. The van der Waals surface area contributed by atoms with Crippen molar-refractivity contribution in [3.8, 4) is 0 Å². The molecular formula is C26H33ClN4O2. The topological polar surface area (TPSA) is 55.9 Å². The highest BCUT2D eigenvalue weighted by Crippen LogP contribution is 2.21. The number of rotatable bonds is 8. The molecule has 2 aromatic carbocycles. The minimum absolute atomic E-state index is 0.0718. The van der Waals surface area contributed by atoms with Crippen LogP contribution in [0, 0.1) is 0 Å². The van der Waals surface area contributed by atoms with E-state index in [0.29, 0.717) is 10.6 Å². The van der Waals surface area contributed by atoms with Gasteiger partial charge in [0.2, 0.25) is 5.91 Å². The SMILES string of the molecule is O=C(NC(CC(=O)N1CCN(CCN2CCCC2)CC1)c1ccccc1)c1ccccc1Cl. The molecule has 2 saturated heterocycles. The molecule has 4 rings (SSSR count). The molecule has 0 bridgehead atoms. The number of piperazine rings is 1. The molecular weight excluding hydrogens is 436 g/mol. The number of amides is 2. The number of likely N-dealkylation sites (tertiary alicyclic amines) is 1. The first-order chi connectivity index (χ1) is 16.1. The van der Waals surface area contributed by atoms with Crippen LogP contribution in [0.15, 0.2) is 54.6 Å². The van der Waals surface area contributed by atoms with Crippen molar-refractivity contribution in [3.63, 3.8) is 0 Å². The fourth-order valence-corrected chi connectivity index (χ4v) is 4.85. The van der Waals surface area contributed by atoms with E-state index in [2.05, 4.69) is 15.1 Å². The van der Waals surface area contributed by atoms with Crippen molar-refractivity contribution in [3.05, 3.63) is 70.7 Å². The van der Waals surface area contributed by atoms with Crippen LogP contribution in [0.2, 0.25) is 5.02 Å². The van der Waals surface area contributed by atoms with Gasteiger partial charge < -0.3 is 15.1 Å². The Hall–Kier alpha value is -2.41. The number of benzene rings is 2. The lowest BCUT2D eigenvalue weighted by molar-refractivity contribution is -0.133. The molecule has 2 fully saturated rings. The van der Waals surface area contributed by atoms with Crippen LogP contribution in [-0.4, -0.2) is 78.9 Å². The summed E-state index contributed by atoms with van der Waals surface area (Å²) in [6.45, 7) is 7.92. The second-order valence-electron chi connectivity index (χ2n) is 8.89. The molecule has 2 heterocycles. The third kappa shape index (κ3) is 6.56. The van der Waals surface area contributed by atoms with Crippen LogP contribution < -0.4 is 5.32 Å². The van der Waals surface area contributed by atoms with Crippen molar-refractivity contribution < 1.29 is 9.59 Å². The van der Waals surface area contributed by atoms with Crippen LogP contribution in [0.25, 0.3) is 0 Å². The third-order valence-corrected chi connectivity index (χ3v) is 6.99. The predicted octanol–water partition coefficient (Wildman–Crippen LogP) is 3.44. The van der Waals surface area contributed by atoms with E-state index in [1.54, 1.807) is 24.3 Å². The fourth-order valence-electron chi connectivity index (χ4n) is 4.63. The molecule has 6 nitrogen and oxygen atoms in total. The lowest BCUT2D eigenvalue weighted by atomic mass is 10.0. The van der Waals surface area contributed by atoms with Gasteiger partial charge in [-0.2, -0.15) is 0 Å². The van der Waals surface area contributed by atoms with Crippen LogP contribution in [0.5, 0.6) is 0 Å². The van der Waals surface area contributed by atoms with Crippen LogP contribution in [0.3, 0.4) is 0 Å². The van der Waals surface area contributed by atoms with E-state index >= 15 is 0 Å². The number of nitrogens with zero attached hydrogens (tertiary/aromatic N) is 3. The molecule has 33 heavy (non-hydrogen) atoms. The molecule has 7 heteroatoms. The van der Waals surface area contributed by atoms with Crippen LogP contribution in [-0.2, 0) is 4.79 Å². The second-order valence-corrected chi connectivity index (χ2v) is 9.30. The molecule has 0 radical (unpaired) electrons. The van der Waals surface area contributed by atoms with E-state index in [9.17, 15) is 9.59 Å². The Kier molecular flexibility index (Phi) is 8.37. The summed E-state index contributed by atoms with van der Waals surface area (Å²) >= 11 is 6.21. The highest BCUT2D eigenvalue weighted by molar-refractivity contribution is 6.33. The van der Waals surface area contributed by atoms with Gasteiger partial charge in [0, 0.05) is 39.3 Å². The molecule has 2 aliphatic rings. The minimum Gasteiger partial charge on any atom is -0.345 e. The molecule has 176 valence electrons. The number of nitrogens with one attached hydrogen (secondary N) is 1. The van der Waals surface area contributed by atoms with Gasteiger partial charge in [0.15, 0.2) is 0 Å². The van der Waals surface area contributed by atoms with Crippen molar-refractivity contribution in [1.82, 2.24) is 20.0 Å². The average Bonchev–Trinajstić information content (AvgIpc) is 3.37. The van der Waals surface area contributed by atoms with E-state index in [1.807, 2.05) is 35.2 Å². The first-order valence-corrected chi connectivity index (χ1v) is 12.3. The van der Waals surface area contributed by atoms with Crippen LogP contribution in [0.4, 0.5) is 0 Å². The normalized spacial score (nSPS) is 18.3. The summed E-state index contributed by atoms with van der Waals surface area (Å²) in [5.74, 6) is -0.198. The van der Waals surface area contributed by atoms with Gasteiger partial charge in [0.25, 0.3) is 5.91 Å². The molecule has 2 amide bonds. The number of halogens is 1.